The molecule has 0 saturated carbocycles. The van der Waals surface area contributed by atoms with Gasteiger partial charge in [0, 0.05) is 11.1 Å². The molecule has 0 unspecified atom stereocenters. The summed E-state index contributed by atoms with van der Waals surface area (Å²) in [5, 5.41) is 8.47. The van der Waals surface area contributed by atoms with Crippen LogP contribution >= 0.6 is 0 Å². The van der Waals surface area contributed by atoms with Gasteiger partial charge in [-0.2, -0.15) is 0 Å². The molecule has 26 heavy (non-hydrogen) atoms. The van der Waals surface area contributed by atoms with Crippen LogP contribution in [0.25, 0.3) is 0 Å². The first-order valence-corrected chi connectivity index (χ1v) is 7.61. The number of carbonyl (C=O) groups is 5. The molecule has 1 N–H and O–H groups in total. The van der Waals surface area contributed by atoms with Crippen LogP contribution in [0.5, 0.6) is 0 Å². The molecule has 2 aromatic rings. The van der Waals surface area contributed by atoms with E-state index in [1.807, 2.05) is 0 Å². The Bertz CT molecular complexity index is 897. The van der Waals surface area contributed by atoms with E-state index in [1.165, 1.54) is 12.1 Å². The molecule has 0 saturated heterocycles. The largest absolute Gasteiger partial charge is 0.481 e. The van der Waals surface area contributed by atoms with Gasteiger partial charge in [-0.15, -0.1) is 0 Å². The summed E-state index contributed by atoms with van der Waals surface area (Å²) in [7, 11) is 0. The fourth-order valence-corrected chi connectivity index (χ4v) is 2.53. The Hall–Kier alpha value is -3.55. The number of carboxylic acids is 1. The Balaban J connectivity index is 1.77. The normalized spacial score (nSPS) is 12.3. The number of aliphatic carboxylic acids is 1. The molecule has 0 radical (unpaired) electrons. The van der Waals surface area contributed by atoms with Crippen molar-refractivity contribution in [1.82, 2.24) is 0 Å². The molecule has 0 fully saturated rings. The number of carbonyl (C=O) groups excluding carboxylic acids is 4. The average molecular weight is 356 g/mol. The number of rotatable bonds is 6. The minimum Gasteiger partial charge on any atom is -0.481 e. The van der Waals surface area contributed by atoms with Crippen molar-refractivity contribution < 1.29 is 38.2 Å². The molecule has 1 aromatic heterocycles. The summed E-state index contributed by atoms with van der Waals surface area (Å²) in [6.07, 6.45) is -1.07. The van der Waals surface area contributed by atoms with E-state index in [4.69, 9.17) is 9.52 Å². The van der Waals surface area contributed by atoms with E-state index in [-0.39, 0.29) is 41.2 Å². The minimum absolute atomic E-state index is 0.0312. The molecule has 1 aliphatic rings. The lowest BCUT2D eigenvalue weighted by atomic mass is 9.88. The van der Waals surface area contributed by atoms with Gasteiger partial charge in [0.05, 0.1) is 12.0 Å². The molecule has 132 valence electrons. The molecule has 1 heterocycles. The van der Waals surface area contributed by atoms with Gasteiger partial charge < -0.3 is 14.3 Å². The lowest BCUT2D eigenvalue weighted by Gasteiger charge is -2.11. The van der Waals surface area contributed by atoms with Gasteiger partial charge in [-0.3, -0.25) is 24.0 Å². The third-order valence-corrected chi connectivity index (χ3v) is 3.76. The van der Waals surface area contributed by atoms with Crippen LogP contribution in [0.3, 0.4) is 0 Å². The summed E-state index contributed by atoms with van der Waals surface area (Å²) in [6, 6.07) is 7.36. The van der Waals surface area contributed by atoms with E-state index in [9.17, 15) is 24.0 Å². The molecular formula is C18H12O8. The third-order valence-electron chi connectivity index (χ3n) is 3.76. The highest BCUT2D eigenvalue weighted by atomic mass is 16.5. The quantitative estimate of drug-likeness (QED) is 0.401. The van der Waals surface area contributed by atoms with E-state index >= 15 is 0 Å². The van der Waals surface area contributed by atoms with Gasteiger partial charge in [-0.05, 0) is 6.07 Å². The monoisotopic (exact) mass is 356 g/mol. The topological polar surface area (TPSA) is 128 Å². The zero-order valence-electron chi connectivity index (χ0n) is 13.3. The molecule has 0 bridgehead atoms. The molecule has 0 aliphatic heterocycles. The molecule has 8 nitrogen and oxygen atoms in total. The van der Waals surface area contributed by atoms with E-state index in [0.717, 1.165) is 6.07 Å². The lowest BCUT2D eigenvalue weighted by Crippen LogP contribution is -2.18. The molecule has 0 atom stereocenters. The van der Waals surface area contributed by atoms with Crippen LogP contribution in [0.1, 0.15) is 55.4 Å². The highest BCUT2D eigenvalue weighted by molar-refractivity contribution is 6.28. The van der Waals surface area contributed by atoms with Gasteiger partial charge in [0.2, 0.25) is 11.6 Å². The number of ketones is 3. The first-order valence-electron chi connectivity index (χ1n) is 7.61. The van der Waals surface area contributed by atoms with Crippen molar-refractivity contribution in [3.63, 3.8) is 0 Å². The smallest absolute Gasteiger partial charge is 0.313 e. The summed E-state index contributed by atoms with van der Waals surface area (Å²) in [6.45, 7) is -0.359. The predicted molar refractivity (Wildman–Crippen MR) is 84.2 cm³/mol. The van der Waals surface area contributed by atoms with Crippen LogP contribution < -0.4 is 0 Å². The van der Waals surface area contributed by atoms with Crippen LogP contribution in [0.2, 0.25) is 0 Å². The molecule has 3 rings (SSSR count). The number of carboxylic acid groups (broad SMARTS) is 1. The number of ether oxygens (including phenoxy) is 1. The lowest BCUT2D eigenvalue weighted by molar-refractivity contribution is -0.145. The van der Waals surface area contributed by atoms with Crippen LogP contribution in [-0.4, -0.2) is 41.0 Å². The van der Waals surface area contributed by atoms with Crippen molar-refractivity contribution in [3.05, 3.63) is 58.5 Å². The Kier molecular flexibility index (Phi) is 4.49. The van der Waals surface area contributed by atoms with Crippen molar-refractivity contribution in [2.75, 3.05) is 6.61 Å². The van der Waals surface area contributed by atoms with Crippen LogP contribution in [0, 0.1) is 0 Å². The second-order valence-corrected chi connectivity index (χ2v) is 5.52. The molecule has 8 heteroatoms. The summed E-state index contributed by atoms with van der Waals surface area (Å²) >= 11 is 0. The maximum atomic E-state index is 12.4. The van der Waals surface area contributed by atoms with Crippen LogP contribution in [-0.2, 0) is 14.3 Å². The maximum absolute atomic E-state index is 12.4. The van der Waals surface area contributed by atoms with Crippen LogP contribution in [0.15, 0.2) is 34.7 Å². The van der Waals surface area contributed by atoms with E-state index in [0.29, 0.717) is 0 Å². The first-order chi connectivity index (χ1) is 12.4. The Morgan fingerprint density at radius 1 is 1.00 bits per heavy atom. The molecule has 1 aromatic carbocycles. The number of hydrogen-bond donors (Lipinski definition) is 1. The number of benzene rings is 1. The number of esters is 1. The van der Waals surface area contributed by atoms with E-state index in [2.05, 4.69) is 4.74 Å². The van der Waals surface area contributed by atoms with Crippen molar-refractivity contribution >= 4 is 29.3 Å². The van der Waals surface area contributed by atoms with Gasteiger partial charge in [0.15, 0.2) is 17.3 Å². The maximum Gasteiger partial charge on any atom is 0.313 e. The fraction of sp³-hybridized carbons (Fsp3) is 0.167. The summed E-state index contributed by atoms with van der Waals surface area (Å²) in [5.41, 5.74) is 0.376. The standard InChI is InChI=1S/C18H12O8/c19-12(8-15(22)25-6-5-14(20)21)13-7-11-16(23)9-3-1-2-4-10(9)17(24)18(11)26-13/h1-4,7H,5-6,8H2,(H,20,21). The molecule has 0 spiro atoms. The Morgan fingerprint density at radius 2 is 1.65 bits per heavy atom. The SMILES string of the molecule is O=C(O)CCOC(=O)CC(=O)c1cc2c(o1)C(=O)c1ccccc1C2=O. The van der Waals surface area contributed by atoms with Gasteiger partial charge in [0.1, 0.15) is 13.0 Å². The van der Waals surface area contributed by atoms with E-state index in [1.54, 1.807) is 12.1 Å². The van der Waals surface area contributed by atoms with Gasteiger partial charge in [-0.25, -0.2) is 0 Å². The van der Waals surface area contributed by atoms with Crippen molar-refractivity contribution in [1.29, 1.82) is 0 Å². The zero-order valence-corrected chi connectivity index (χ0v) is 13.3. The van der Waals surface area contributed by atoms with Gasteiger partial charge >= 0.3 is 11.9 Å². The predicted octanol–water partition coefficient (Wildman–Crippen LogP) is 1.65. The highest BCUT2D eigenvalue weighted by Gasteiger charge is 2.34. The summed E-state index contributed by atoms with van der Waals surface area (Å²) in [5.74, 6) is -4.34. The molecule has 0 amide bonds. The zero-order chi connectivity index (χ0) is 18.8. The van der Waals surface area contributed by atoms with Crippen molar-refractivity contribution in [2.45, 2.75) is 12.8 Å². The highest BCUT2D eigenvalue weighted by Crippen LogP contribution is 2.29. The Labute approximate surface area is 146 Å². The van der Waals surface area contributed by atoms with Crippen molar-refractivity contribution in [3.8, 4) is 0 Å². The number of fused-ring (bicyclic) bond motifs is 2. The van der Waals surface area contributed by atoms with Gasteiger partial charge in [0.25, 0.3) is 0 Å². The number of furan rings is 1. The second-order valence-electron chi connectivity index (χ2n) is 5.52. The average Bonchev–Trinajstić information content (AvgIpc) is 3.05. The Morgan fingerprint density at radius 3 is 2.31 bits per heavy atom. The second kappa shape index (κ2) is 6.75. The molecular weight excluding hydrogens is 344 g/mol. The van der Waals surface area contributed by atoms with Crippen LogP contribution in [0.4, 0.5) is 0 Å². The van der Waals surface area contributed by atoms with Crippen molar-refractivity contribution in [2.24, 2.45) is 0 Å². The summed E-state index contributed by atoms with van der Waals surface area (Å²) < 4.78 is 9.85. The van der Waals surface area contributed by atoms with Gasteiger partial charge in [-0.1, -0.05) is 24.3 Å². The number of Topliss-reactive ketones (excluding diaryl/α,β-unsaturated/α-hetero) is 1. The van der Waals surface area contributed by atoms with E-state index < -0.39 is 35.7 Å². The number of hydrogen-bond acceptors (Lipinski definition) is 7. The molecule has 1 aliphatic carbocycles. The first kappa shape index (κ1) is 17.3. The minimum atomic E-state index is -1.14. The third kappa shape index (κ3) is 3.16. The summed E-state index contributed by atoms with van der Waals surface area (Å²) in [4.78, 5) is 58.9. The fourth-order valence-electron chi connectivity index (χ4n) is 2.53.